The minimum absolute atomic E-state index is 0.314. The van der Waals surface area contributed by atoms with Crippen molar-refractivity contribution in [1.82, 2.24) is 0 Å². The second kappa shape index (κ2) is 6.28. The lowest BCUT2D eigenvalue weighted by Crippen LogP contribution is -2.11. The van der Waals surface area contributed by atoms with E-state index in [1.807, 2.05) is 39.0 Å². The zero-order valence-corrected chi connectivity index (χ0v) is 10.9. The maximum absolute atomic E-state index is 11.9. The van der Waals surface area contributed by atoms with E-state index >= 15 is 0 Å². The van der Waals surface area contributed by atoms with Crippen molar-refractivity contribution in [1.29, 1.82) is 0 Å². The Kier molecular flexibility index (Phi) is 5.01. The Morgan fingerprint density at radius 3 is 2.59 bits per heavy atom. The van der Waals surface area contributed by atoms with Crippen LogP contribution < -0.4 is 4.74 Å². The van der Waals surface area contributed by atoms with Crippen LogP contribution in [0.1, 0.15) is 36.7 Å². The number of carbonyl (C=O) groups is 1. The molecule has 0 spiro atoms. The molecule has 0 aromatic heterocycles. The molecular weight excluding hydrogens is 216 g/mol. The summed E-state index contributed by atoms with van der Waals surface area (Å²) >= 11 is 0. The Balaban J connectivity index is 2.89. The van der Waals surface area contributed by atoms with E-state index in [0.29, 0.717) is 23.8 Å². The zero-order valence-electron chi connectivity index (χ0n) is 10.9. The smallest absolute Gasteiger partial charge is 0.341 e. The lowest BCUT2D eigenvalue weighted by molar-refractivity contribution is 0.0455. The molecule has 1 aromatic carbocycles. The molecule has 0 aliphatic rings. The first-order chi connectivity index (χ1) is 8.08. The predicted octanol–water partition coefficient (Wildman–Crippen LogP) is 3.07. The molecule has 0 unspecified atom stereocenters. The second-order valence-corrected chi connectivity index (χ2v) is 4.38. The Hall–Kier alpha value is -1.51. The summed E-state index contributed by atoms with van der Waals surface area (Å²) in [6.07, 6.45) is 0.883. The topological polar surface area (TPSA) is 35.5 Å². The molecule has 3 nitrogen and oxygen atoms in total. The van der Waals surface area contributed by atoms with Gasteiger partial charge in [-0.05, 0) is 30.0 Å². The van der Waals surface area contributed by atoms with Gasteiger partial charge in [-0.2, -0.15) is 0 Å². The van der Waals surface area contributed by atoms with E-state index in [4.69, 9.17) is 9.47 Å². The summed E-state index contributed by atoms with van der Waals surface area (Å²) in [5, 5.41) is 0. The molecule has 0 fully saturated rings. The molecule has 17 heavy (non-hydrogen) atoms. The van der Waals surface area contributed by atoms with Gasteiger partial charge in [-0.1, -0.05) is 26.8 Å². The molecule has 0 bridgehead atoms. The average molecular weight is 236 g/mol. The highest BCUT2D eigenvalue weighted by atomic mass is 16.5. The van der Waals surface area contributed by atoms with Gasteiger partial charge in [0, 0.05) is 0 Å². The normalized spacial score (nSPS) is 10.4. The van der Waals surface area contributed by atoms with E-state index in [1.54, 1.807) is 7.11 Å². The van der Waals surface area contributed by atoms with Gasteiger partial charge >= 0.3 is 5.97 Å². The van der Waals surface area contributed by atoms with E-state index in [-0.39, 0.29) is 5.97 Å². The van der Waals surface area contributed by atoms with Crippen LogP contribution in [0.5, 0.6) is 5.75 Å². The number of hydrogen-bond donors (Lipinski definition) is 0. The molecule has 3 heteroatoms. The summed E-state index contributed by atoms with van der Waals surface area (Å²) in [4.78, 5) is 11.9. The molecule has 0 saturated carbocycles. The van der Waals surface area contributed by atoms with Gasteiger partial charge in [-0.25, -0.2) is 4.79 Å². The number of carbonyl (C=O) groups excluding carboxylic acids is 1. The van der Waals surface area contributed by atoms with E-state index in [1.165, 1.54) is 0 Å². The molecule has 0 atom stereocenters. The maximum Gasteiger partial charge on any atom is 0.341 e. The number of methoxy groups -OCH3 is 1. The Labute approximate surface area is 103 Å². The summed E-state index contributed by atoms with van der Waals surface area (Å²) in [6.45, 7) is 6.49. The van der Waals surface area contributed by atoms with Crippen molar-refractivity contribution in [2.45, 2.75) is 27.2 Å². The molecule has 0 amide bonds. The Morgan fingerprint density at radius 2 is 2.06 bits per heavy atom. The number of esters is 1. The van der Waals surface area contributed by atoms with Crippen LogP contribution in [0.15, 0.2) is 18.2 Å². The van der Waals surface area contributed by atoms with Crippen LogP contribution in [0.2, 0.25) is 0 Å². The molecule has 0 saturated heterocycles. The average Bonchev–Trinajstić information content (AvgIpc) is 2.34. The van der Waals surface area contributed by atoms with Gasteiger partial charge in [0.05, 0.1) is 13.7 Å². The van der Waals surface area contributed by atoms with Crippen molar-refractivity contribution >= 4 is 5.97 Å². The van der Waals surface area contributed by atoms with Crippen LogP contribution >= 0.6 is 0 Å². The summed E-state index contributed by atoms with van der Waals surface area (Å²) < 4.78 is 10.4. The predicted molar refractivity (Wildman–Crippen MR) is 67.5 cm³/mol. The highest BCUT2D eigenvalue weighted by molar-refractivity contribution is 5.92. The monoisotopic (exact) mass is 236 g/mol. The lowest BCUT2D eigenvalue weighted by Gasteiger charge is -2.11. The molecular formula is C14H20O3. The van der Waals surface area contributed by atoms with Gasteiger partial charge in [0.15, 0.2) is 0 Å². The van der Waals surface area contributed by atoms with E-state index < -0.39 is 0 Å². The van der Waals surface area contributed by atoms with Crippen molar-refractivity contribution < 1.29 is 14.3 Å². The Morgan fingerprint density at radius 1 is 1.35 bits per heavy atom. The van der Waals surface area contributed by atoms with Crippen molar-refractivity contribution in [3.8, 4) is 5.75 Å². The molecule has 94 valence electrons. The highest BCUT2D eigenvalue weighted by Gasteiger charge is 2.14. The maximum atomic E-state index is 11.9. The number of aryl methyl sites for hydroxylation is 1. The highest BCUT2D eigenvalue weighted by Crippen LogP contribution is 2.21. The second-order valence-electron chi connectivity index (χ2n) is 4.38. The summed E-state index contributed by atoms with van der Waals surface area (Å²) in [7, 11) is 1.56. The fourth-order valence-electron chi connectivity index (χ4n) is 1.45. The van der Waals surface area contributed by atoms with Crippen molar-refractivity contribution in [3.05, 3.63) is 29.3 Å². The fourth-order valence-corrected chi connectivity index (χ4v) is 1.45. The summed E-state index contributed by atoms with van der Waals surface area (Å²) in [5.74, 6) is 0.584. The van der Waals surface area contributed by atoms with Crippen LogP contribution in [0.4, 0.5) is 0 Å². The van der Waals surface area contributed by atoms with Gasteiger partial charge < -0.3 is 9.47 Å². The number of benzene rings is 1. The minimum Gasteiger partial charge on any atom is -0.496 e. The van der Waals surface area contributed by atoms with Gasteiger partial charge in [0.2, 0.25) is 0 Å². The standard InChI is InChI=1S/C14H20O3/c1-5-11-6-7-13(16-4)12(8-11)14(15)17-9-10(2)3/h6-8,10H,5,9H2,1-4H3. The van der Waals surface area contributed by atoms with Crippen molar-refractivity contribution in [3.63, 3.8) is 0 Å². The minimum atomic E-state index is -0.314. The SMILES string of the molecule is CCc1ccc(OC)c(C(=O)OCC(C)C)c1. The van der Waals surface area contributed by atoms with E-state index in [0.717, 1.165) is 12.0 Å². The van der Waals surface area contributed by atoms with Crippen LogP contribution in [0, 0.1) is 5.92 Å². The summed E-state index contributed by atoms with van der Waals surface area (Å²) in [5.41, 5.74) is 1.61. The quantitative estimate of drug-likeness (QED) is 0.737. The van der Waals surface area contributed by atoms with Crippen LogP contribution in [-0.2, 0) is 11.2 Å². The van der Waals surface area contributed by atoms with Crippen LogP contribution in [0.3, 0.4) is 0 Å². The van der Waals surface area contributed by atoms with Crippen LogP contribution in [0.25, 0.3) is 0 Å². The molecule has 0 radical (unpaired) electrons. The van der Waals surface area contributed by atoms with Gasteiger partial charge in [-0.3, -0.25) is 0 Å². The third-order valence-corrected chi connectivity index (χ3v) is 2.44. The lowest BCUT2D eigenvalue weighted by atomic mass is 10.1. The first kappa shape index (κ1) is 13.6. The molecule has 1 rings (SSSR count). The number of rotatable bonds is 5. The van der Waals surface area contributed by atoms with Gasteiger partial charge in [0.25, 0.3) is 0 Å². The number of hydrogen-bond acceptors (Lipinski definition) is 3. The fraction of sp³-hybridized carbons (Fsp3) is 0.500. The van der Waals surface area contributed by atoms with Crippen molar-refractivity contribution in [2.75, 3.05) is 13.7 Å². The molecule has 0 aliphatic heterocycles. The van der Waals surface area contributed by atoms with Crippen molar-refractivity contribution in [2.24, 2.45) is 5.92 Å². The zero-order chi connectivity index (χ0) is 12.8. The Bertz CT molecular complexity index is 383. The molecule has 0 aliphatic carbocycles. The summed E-state index contributed by atoms with van der Waals surface area (Å²) in [6, 6.07) is 5.60. The molecule has 1 aromatic rings. The molecule has 0 heterocycles. The third-order valence-electron chi connectivity index (χ3n) is 2.44. The molecule has 0 N–H and O–H groups in total. The van der Waals surface area contributed by atoms with E-state index in [9.17, 15) is 4.79 Å². The number of ether oxygens (including phenoxy) is 2. The first-order valence-corrected chi connectivity index (χ1v) is 5.92. The van der Waals surface area contributed by atoms with E-state index in [2.05, 4.69) is 0 Å². The van der Waals surface area contributed by atoms with Crippen LogP contribution in [-0.4, -0.2) is 19.7 Å². The van der Waals surface area contributed by atoms with Gasteiger partial charge in [0.1, 0.15) is 11.3 Å². The van der Waals surface area contributed by atoms with Gasteiger partial charge in [-0.15, -0.1) is 0 Å². The largest absolute Gasteiger partial charge is 0.496 e. The first-order valence-electron chi connectivity index (χ1n) is 5.92. The third kappa shape index (κ3) is 3.77.